The molecule has 20 heavy (non-hydrogen) atoms. The van der Waals surface area contributed by atoms with E-state index in [0.29, 0.717) is 0 Å². The Morgan fingerprint density at radius 1 is 1.15 bits per heavy atom. The van der Waals surface area contributed by atoms with Crippen molar-refractivity contribution in [1.29, 1.82) is 0 Å². The molecule has 1 N–H and O–H groups in total. The smallest absolute Gasteiger partial charge is 0.138 e. The molecule has 102 valence electrons. The van der Waals surface area contributed by atoms with Gasteiger partial charge in [0.2, 0.25) is 0 Å². The van der Waals surface area contributed by atoms with Crippen LogP contribution >= 0.6 is 11.3 Å². The zero-order valence-electron chi connectivity index (χ0n) is 11.4. The number of benzene rings is 1. The van der Waals surface area contributed by atoms with Crippen LogP contribution < -0.4 is 0 Å². The first-order chi connectivity index (χ1) is 9.60. The van der Waals surface area contributed by atoms with E-state index in [1.54, 1.807) is 22.2 Å². The highest BCUT2D eigenvalue weighted by Gasteiger charge is 2.32. The lowest BCUT2D eigenvalue weighted by molar-refractivity contribution is 0.0979. The lowest BCUT2D eigenvalue weighted by Crippen LogP contribution is -2.26. The molecule has 0 fully saturated rings. The Bertz CT molecular complexity index is 713. The van der Waals surface area contributed by atoms with Crippen molar-refractivity contribution in [3.63, 3.8) is 0 Å². The summed E-state index contributed by atoms with van der Waals surface area (Å²) < 4.78 is 1.79. The van der Waals surface area contributed by atoms with Crippen LogP contribution in [0, 0.1) is 6.92 Å². The lowest BCUT2D eigenvalue weighted by atomic mass is 9.97. The fourth-order valence-corrected chi connectivity index (χ4v) is 3.43. The first-order valence-corrected chi connectivity index (χ1v) is 7.35. The summed E-state index contributed by atoms with van der Waals surface area (Å²) in [5.74, 6) is 0. The van der Waals surface area contributed by atoms with Crippen LogP contribution in [0.3, 0.4) is 0 Å². The van der Waals surface area contributed by atoms with Gasteiger partial charge in [-0.2, -0.15) is 5.10 Å². The van der Waals surface area contributed by atoms with E-state index in [-0.39, 0.29) is 0 Å². The number of nitrogens with zero attached hydrogens (tertiary/aromatic N) is 2. The van der Waals surface area contributed by atoms with Crippen molar-refractivity contribution in [2.24, 2.45) is 0 Å². The molecule has 3 aromatic rings. The third kappa shape index (κ3) is 2.07. The molecular weight excluding hydrogens is 268 g/mol. The first kappa shape index (κ1) is 13.1. The average Bonchev–Trinajstić information content (AvgIpc) is 3.08. The average molecular weight is 284 g/mol. The van der Waals surface area contributed by atoms with Crippen LogP contribution in [0.5, 0.6) is 0 Å². The second-order valence-corrected chi connectivity index (χ2v) is 5.88. The van der Waals surface area contributed by atoms with Crippen molar-refractivity contribution in [2.75, 3.05) is 0 Å². The minimum atomic E-state index is -1.05. The number of aliphatic hydroxyl groups is 1. The molecule has 3 nitrogen and oxygen atoms in total. The third-order valence-electron chi connectivity index (χ3n) is 3.45. The van der Waals surface area contributed by atoms with Gasteiger partial charge in [0.1, 0.15) is 5.60 Å². The summed E-state index contributed by atoms with van der Waals surface area (Å²) in [5.41, 5.74) is 1.77. The second kappa shape index (κ2) is 4.89. The summed E-state index contributed by atoms with van der Waals surface area (Å²) in [6, 6.07) is 13.7. The molecule has 0 saturated carbocycles. The highest BCUT2D eigenvalue weighted by atomic mass is 32.1. The van der Waals surface area contributed by atoms with E-state index < -0.39 is 5.60 Å². The van der Waals surface area contributed by atoms with Gasteiger partial charge in [-0.05, 0) is 49.1 Å². The SMILES string of the molecule is Cc1ccsc1C(C)(O)c1ccnn1-c1ccccc1. The summed E-state index contributed by atoms with van der Waals surface area (Å²) in [4.78, 5) is 0.954. The van der Waals surface area contributed by atoms with Gasteiger partial charge in [-0.25, -0.2) is 4.68 Å². The molecule has 0 radical (unpaired) electrons. The Hall–Kier alpha value is -1.91. The van der Waals surface area contributed by atoms with E-state index in [0.717, 1.165) is 21.8 Å². The Balaban J connectivity index is 2.13. The summed E-state index contributed by atoms with van der Waals surface area (Å²) in [7, 11) is 0. The van der Waals surface area contributed by atoms with Crippen LogP contribution in [-0.4, -0.2) is 14.9 Å². The topological polar surface area (TPSA) is 38.1 Å². The number of aromatic nitrogens is 2. The Labute approximate surface area is 122 Å². The quantitative estimate of drug-likeness (QED) is 0.799. The van der Waals surface area contributed by atoms with Crippen LogP contribution in [0.4, 0.5) is 0 Å². The highest BCUT2D eigenvalue weighted by Crippen LogP contribution is 2.35. The van der Waals surface area contributed by atoms with Crippen molar-refractivity contribution in [3.05, 3.63) is 70.2 Å². The van der Waals surface area contributed by atoms with E-state index in [1.807, 2.05) is 61.7 Å². The molecule has 1 unspecified atom stereocenters. The maximum Gasteiger partial charge on any atom is 0.138 e. The number of hydrogen-bond acceptors (Lipinski definition) is 3. The zero-order chi connectivity index (χ0) is 14.2. The number of para-hydroxylation sites is 1. The predicted molar refractivity (Wildman–Crippen MR) is 81.3 cm³/mol. The van der Waals surface area contributed by atoms with Gasteiger partial charge in [-0.15, -0.1) is 11.3 Å². The van der Waals surface area contributed by atoms with Gasteiger partial charge >= 0.3 is 0 Å². The van der Waals surface area contributed by atoms with Gasteiger partial charge in [0.05, 0.1) is 11.4 Å². The molecule has 0 aliphatic heterocycles. The van der Waals surface area contributed by atoms with Crippen molar-refractivity contribution in [1.82, 2.24) is 9.78 Å². The van der Waals surface area contributed by atoms with Gasteiger partial charge in [-0.3, -0.25) is 0 Å². The molecule has 2 aromatic heterocycles. The fourth-order valence-electron chi connectivity index (χ4n) is 2.43. The van der Waals surface area contributed by atoms with Gasteiger partial charge in [0, 0.05) is 11.1 Å². The van der Waals surface area contributed by atoms with Crippen molar-refractivity contribution in [2.45, 2.75) is 19.4 Å². The van der Waals surface area contributed by atoms with E-state index >= 15 is 0 Å². The van der Waals surface area contributed by atoms with Gasteiger partial charge < -0.3 is 5.11 Å². The van der Waals surface area contributed by atoms with Crippen LogP contribution in [0.2, 0.25) is 0 Å². The van der Waals surface area contributed by atoms with Crippen molar-refractivity contribution >= 4 is 11.3 Å². The molecule has 3 rings (SSSR count). The Kier molecular flexibility index (Phi) is 3.20. The largest absolute Gasteiger partial charge is 0.378 e. The van der Waals surface area contributed by atoms with Gasteiger partial charge in [-0.1, -0.05) is 18.2 Å². The van der Waals surface area contributed by atoms with E-state index in [2.05, 4.69) is 5.10 Å². The first-order valence-electron chi connectivity index (χ1n) is 6.47. The van der Waals surface area contributed by atoms with Gasteiger partial charge in [0.15, 0.2) is 0 Å². The zero-order valence-corrected chi connectivity index (χ0v) is 12.3. The molecule has 2 heterocycles. The molecule has 4 heteroatoms. The van der Waals surface area contributed by atoms with E-state index in [4.69, 9.17) is 0 Å². The number of thiophene rings is 1. The lowest BCUT2D eigenvalue weighted by Gasteiger charge is -2.24. The van der Waals surface area contributed by atoms with Gasteiger partial charge in [0.25, 0.3) is 0 Å². The summed E-state index contributed by atoms with van der Waals surface area (Å²) in [5, 5.41) is 17.4. The molecule has 0 amide bonds. The number of aryl methyl sites for hydroxylation is 1. The van der Waals surface area contributed by atoms with Crippen LogP contribution in [0.25, 0.3) is 5.69 Å². The summed E-state index contributed by atoms with van der Waals surface area (Å²) in [6.45, 7) is 3.84. The number of rotatable bonds is 3. The minimum Gasteiger partial charge on any atom is -0.378 e. The third-order valence-corrected chi connectivity index (χ3v) is 4.67. The molecule has 1 atom stereocenters. The van der Waals surface area contributed by atoms with Crippen LogP contribution in [0.15, 0.2) is 54.0 Å². The Morgan fingerprint density at radius 3 is 2.55 bits per heavy atom. The normalized spacial score (nSPS) is 14.2. The van der Waals surface area contributed by atoms with E-state index in [1.165, 1.54) is 0 Å². The predicted octanol–water partition coefficient (Wildman–Crippen LogP) is 3.50. The molecule has 1 aromatic carbocycles. The monoisotopic (exact) mass is 284 g/mol. The molecule has 0 aliphatic carbocycles. The molecule has 0 bridgehead atoms. The van der Waals surface area contributed by atoms with E-state index in [9.17, 15) is 5.11 Å². The van der Waals surface area contributed by atoms with Crippen LogP contribution in [-0.2, 0) is 5.60 Å². The number of hydrogen-bond donors (Lipinski definition) is 1. The summed E-state index contributed by atoms with van der Waals surface area (Å²) in [6.07, 6.45) is 1.72. The standard InChI is InChI=1S/C16H16N2OS/c1-12-9-11-20-15(12)16(2,19)14-8-10-17-18(14)13-6-4-3-5-7-13/h3-11,19H,1-2H3. The van der Waals surface area contributed by atoms with Crippen molar-refractivity contribution < 1.29 is 5.11 Å². The maximum absolute atomic E-state index is 11.0. The van der Waals surface area contributed by atoms with Crippen molar-refractivity contribution in [3.8, 4) is 5.69 Å². The second-order valence-electron chi connectivity index (χ2n) is 4.97. The summed E-state index contributed by atoms with van der Waals surface area (Å²) >= 11 is 1.57. The maximum atomic E-state index is 11.0. The van der Waals surface area contributed by atoms with Crippen LogP contribution in [0.1, 0.15) is 23.1 Å². The molecular formula is C16H16N2OS. The molecule has 0 spiro atoms. The fraction of sp³-hybridized carbons (Fsp3) is 0.188. The highest BCUT2D eigenvalue weighted by molar-refractivity contribution is 7.10. The molecule has 0 saturated heterocycles. The Morgan fingerprint density at radius 2 is 1.90 bits per heavy atom. The minimum absolute atomic E-state index is 0.772. The molecule has 0 aliphatic rings.